The Bertz CT molecular complexity index is 866. The van der Waals surface area contributed by atoms with Gasteiger partial charge >= 0.3 is 0 Å². The number of nitrogens with one attached hydrogen (secondary N) is 3. The number of ether oxygens (including phenoxy) is 1. The highest BCUT2D eigenvalue weighted by atomic mass is 32.2. The van der Waals surface area contributed by atoms with E-state index >= 15 is 0 Å². The molecule has 0 saturated heterocycles. The lowest BCUT2D eigenvalue weighted by Crippen LogP contribution is -2.36. The number of rotatable bonds is 7. The van der Waals surface area contributed by atoms with Gasteiger partial charge in [0.25, 0.3) is 0 Å². The molecule has 0 aliphatic heterocycles. The van der Waals surface area contributed by atoms with Gasteiger partial charge in [-0.2, -0.15) is 0 Å². The van der Waals surface area contributed by atoms with Crippen LogP contribution in [0.4, 0.5) is 5.69 Å². The second kappa shape index (κ2) is 8.98. The maximum atomic E-state index is 12.2. The monoisotopic (exact) mass is 393 g/mol. The van der Waals surface area contributed by atoms with Gasteiger partial charge in [0, 0.05) is 13.1 Å². The maximum absolute atomic E-state index is 12.2. The van der Waals surface area contributed by atoms with Gasteiger partial charge in [-0.05, 0) is 55.9 Å². The summed E-state index contributed by atoms with van der Waals surface area (Å²) in [6.07, 6.45) is 0. The minimum atomic E-state index is -3.52. The number of benzene rings is 2. The highest BCUT2D eigenvalue weighted by Gasteiger charge is 2.12. The van der Waals surface area contributed by atoms with E-state index in [9.17, 15) is 8.42 Å². The van der Waals surface area contributed by atoms with Crippen LogP contribution >= 0.6 is 12.2 Å². The number of hydrogen-bond acceptors (Lipinski definition) is 4. The third kappa shape index (κ3) is 5.69. The van der Waals surface area contributed by atoms with Crippen molar-refractivity contribution in [3.63, 3.8) is 0 Å². The van der Waals surface area contributed by atoms with Crippen LogP contribution < -0.4 is 20.1 Å². The van der Waals surface area contributed by atoms with Crippen molar-refractivity contribution >= 4 is 33.0 Å². The van der Waals surface area contributed by atoms with Gasteiger partial charge in [-0.25, -0.2) is 13.1 Å². The molecule has 0 bridgehead atoms. The molecule has 0 aliphatic rings. The van der Waals surface area contributed by atoms with E-state index in [4.69, 9.17) is 17.0 Å². The van der Waals surface area contributed by atoms with Gasteiger partial charge in [-0.3, -0.25) is 0 Å². The second-order valence-corrected chi connectivity index (χ2v) is 7.97. The lowest BCUT2D eigenvalue weighted by atomic mass is 10.2. The number of aryl methyl sites for hydroxylation is 2. The molecule has 8 heteroatoms. The van der Waals surface area contributed by atoms with Gasteiger partial charge in [-0.15, -0.1) is 0 Å². The predicted molar refractivity (Wildman–Crippen MR) is 108 cm³/mol. The molecule has 140 valence electrons. The summed E-state index contributed by atoms with van der Waals surface area (Å²) in [4.78, 5) is 0.244. The number of sulfonamides is 1. The van der Waals surface area contributed by atoms with Crippen molar-refractivity contribution in [3.8, 4) is 5.75 Å². The van der Waals surface area contributed by atoms with Crippen molar-refractivity contribution in [2.45, 2.75) is 18.7 Å². The molecular weight excluding hydrogens is 370 g/mol. The summed E-state index contributed by atoms with van der Waals surface area (Å²) in [5.41, 5.74) is 2.83. The number of methoxy groups -OCH3 is 1. The molecule has 0 amide bonds. The van der Waals surface area contributed by atoms with Crippen LogP contribution in [-0.4, -0.2) is 33.7 Å². The first kappa shape index (κ1) is 20.2. The molecule has 0 saturated carbocycles. The summed E-state index contributed by atoms with van der Waals surface area (Å²) in [5.74, 6) is 0.680. The lowest BCUT2D eigenvalue weighted by Gasteiger charge is -2.14. The quantitative estimate of drug-likeness (QED) is 0.496. The van der Waals surface area contributed by atoms with Gasteiger partial charge in [0.2, 0.25) is 10.0 Å². The zero-order valence-electron chi connectivity index (χ0n) is 15.0. The number of thiocarbonyl (C=S) groups is 1. The first-order valence-electron chi connectivity index (χ1n) is 8.07. The Labute approximate surface area is 160 Å². The van der Waals surface area contributed by atoms with E-state index in [-0.39, 0.29) is 11.4 Å². The molecule has 2 aromatic rings. The molecule has 3 N–H and O–H groups in total. The zero-order chi connectivity index (χ0) is 19.2. The van der Waals surface area contributed by atoms with E-state index in [1.165, 1.54) is 0 Å². The number of hydrogen-bond donors (Lipinski definition) is 3. The summed E-state index contributed by atoms with van der Waals surface area (Å²) in [5, 5.41) is 6.42. The molecule has 2 aromatic carbocycles. The fraction of sp³-hybridized carbons (Fsp3) is 0.278. The van der Waals surface area contributed by atoms with Gasteiger partial charge in [0.1, 0.15) is 5.75 Å². The van der Waals surface area contributed by atoms with E-state index in [1.807, 2.05) is 32.0 Å². The summed E-state index contributed by atoms with van der Waals surface area (Å²) < 4.78 is 32.2. The molecule has 0 aromatic heterocycles. The molecule has 0 fully saturated rings. The molecule has 0 heterocycles. The summed E-state index contributed by atoms with van der Waals surface area (Å²) in [7, 11) is -1.93. The highest BCUT2D eigenvalue weighted by molar-refractivity contribution is 7.89. The standard InChI is InChI=1S/C18H23N3O3S2/c1-13-4-7-15(8-5-13)26(22,23)20-11-10-19-18(25)21-16-12-14(2)6-9-17(16)24-3/h4-9,12,20H,10-11H2,1-3H3,(H2,19,21,25). The smallest absolute Gasteiger partial charge is 0.240 e. The van der Waals surface area contributed by atoms with Crippen molar-refractivity contribution in [1.29, 1.82) is 0 Å². The van der Waals surface area contributed by atoms with Crippen molar-refractivity contribution in [3.05, 3.63) is 53.6 Å². The fourth-order valence-corrected chi connectivity index (χ4v) is 3.49. The van der Waals surface area contributed by atoms with Crippen LogP contribution in [0.3, 0.4) is 0 Å². The molecule has 26 heavy (non-hydrogen) atoms. The molecule has 0 unspecified atom stereocenters. The Balaban J connectivity index is 1.83. The fourth-order valence-electron chi connectivity index (χ4n) is 2.25. The molecule has 0 spiro atoms. The summed E-state index contributed by atoms with van der Waals surface area (Å²) >= 11 is 5.25. The Morgan fingerprint density at radius 1 is 1.04 bits per heavy atom. The Hall–Kier alpha value is -2.16. The van der Waals surface area contributed by atoms with E-state index in [2.05, 4.69) is 15.4 Å². The van der Waals surface area contributed by atoms with E-state index < -0.39 is 10.0 Å². The first-order valence-corrected chi connectivity index (χ1v) is 9.97. The van der Waals surface area contributed by atoms with Crippen LogP contribution in [-0.2, 0) is 10.0 Å². The van der Waals surface area contributed by atoms with Crippen molar-refractivity contribution in [1.82, 2.24) is 10.0 Å². The molecule has 2 rings (SSSR count). The Morgan fingerprint density at radius 3 is 2.35 bits per heavy atom. The van der Waals surface area contributed by atoms with E-state index in [1.54, 1.807) is 31.4 Å². The minimum absolute atomic E-state index is 0.211. The summed E-state index contributed by atoms with van der Waals surface area (Å²) in [6, 6.07) is 12.4. The van der Waals surface area contributed by atoms with Crippen molar-refractivity contribution in [2.75, 3.05) is 25.5 Å². The maximum Gasteiger partial charge on any atom is 0.240 e. The van der Waals surface area contributed by atoms with Gasteiger partial charge in [0.15, 0.2) is 5.11 Å². The average Bonchev–Trinajstić information content (AvgIpc) is 2.59. The van der Waals surface area contributed by atoms with Crippen LogP contribution in [0.25, 0.3) is 0 Å². The van der Waals surface area contributed by atoms with E-state index in [0.29, 0.717) is 17.4 Å². The van der Waals surface area contributed by atoms with Gasteiger partial charge in [0.05, 0.1) is 17.7 Å². The molecular formula is C18H23N3O3S2. The van der Waals surface area contributed by atoms with Crippen molar-refractivity contribution < 1.29 is 13.2 Å². The number of anilines is 1. The van der Waals surface area contributed by atoms with E-state index in [0.717, 1.165) is 16.8 Å². The van der Waals surface area contributed by atoms with Crippen LogP contribution in [0.1, 0.15) is 11.1 Å². The summed E-state index contributed by atoms with van der Waals surface area (Å²) in [6.45, 7) is 4.44. The van der Waals surface area contributed by atoms with Crippen molar-refractivity contribution in [2.24, 2.45) is 0 Å². The Kier molecular flexibility index (Phi) is 6.96. The van der Waals surface area contributed by atoms with Crippen LogP contribution in [0.5, 0.6) is 5.75 Å². The zero-order valence-corrected chi connectivity index (χ0v) is 16.6. The van der Waals surface area contributed by atoms with Gasteiger partial charge < -0.3 is 15.4 Å². The molecule has 0 atom stereocenters. The largest absolute Gasteiger partial charge is 0.495 e. The second-order valence-electron chi connectivity index (χ2n) is 5.80. The van der Waals surface area contributed by atoms with Crippen LogP contribution in [0.15, 0.2) is 47.4 Å². The van der Waals surface area contributed by atoms with Crippen LogP contribution in [0, 0.1) is 13.8 Å². The normalized spacial score (nSPS) is 11.0. The SMILES string of the molecule is COc1ccc(C)cc1NC(=S)NCCNS(=O)(=O)c1ccc(C)cc1. The highest BCUT2D eigenvalue weighted by Crippen LogP contribution is 2.24. The predicted octanol–water partition coefficient (Wildman–Crippen LogP) is 2.58. The average molecular weight is 394 g/mol. The minimum Gasteiger partial charge on any atom is -0.495 e. The third-order valence-electron chi connectivity index (χ3n) is 3.64. The lowest BCUT2D eigenvalue weighted by molar-refractivity contribution is 0.417. The Morgan fingerprint density at radius 2 is 1.69 bits per heavy atom. The molecule has 0 radical (unpaired) electrons. The molecule has 6 nitrogen and oxygen atoms in total. The first-order chi connectivity index (χ1) is 12.3. The molecule has 0 aliphatic carbocycles. The topological polar surface area (TPSA) is 79.5 Å². The van der Waals surface area contributed by atoms with Crippen LogP contribution in [0.2, 0.25) is 0 Å². The van der Waals surface area contributed by atoms with Gasteiger partial charge in [-0.1, -0.05) is 23.8 Å². The third-order valence-corrected chi connectivity index (χ3v) is 5.36.